The van der Waals surface area contributed by atoms with E-state index in [1.54, 1.807) is 0 Å². The molecule has 0 bridgehead atoms. The topological polar surface area (TPSA) is 66.4 Å². The van der Waals surface area contributed by atoms with E-state index in [4.69, 9.17) is 5.11 Å². The number of carboxylic acids is 1. The zero-order valence-corrected chi connectivity index (χ0v) is 12.3. The van der Waals surface area contributed by atoms with Crippen LogP contribution < -0.4 is 5.32 Å². The highest BCUT2D eigenvalue weighted by atomic mass is 32.1. The number of rotatable bonds is 8. The molecule has 2 N–H and O–H groups in total. The third-order valence-electron chi connectivity index (χ3n) is 3.25. The summed E-state index contributed by atoms with van der Waals surface area (Å²) < 4.78 is 0. The Morgan fingerprint density at radius 2 is 2.16 bits per heavy atom. The SMILES string of the molecule is CCC(CCNC(=O)c1sccc1C)CCC(=O)O. The molecule has 0 aromatic carbocycles. The van der Waals surface area contributed by atoms with Gasteiger partial charge in [0.25, 0.3) is 5.91 Å². The molecule has 1 amide bonds. The lowest BCUT2D eigenvalue weighted by Gasteiger charge is -2.13. The number of aliphatic carboxylic acids is 1. The van der Waals surface area contributed by atoms with Gasteiger partial charge in [-0.1, -0.05) is 13.3 Å². The molecule has 1 unspecified atom stereocenters. The third kappa shape index (κ3) is 5.42. The van der Waals surface area contributed by atoms with Gasteiger partial charge in [-0.2, -0.15) is 0 Å². The number of thiophene rings is 1. The van der Waals surface area contributed by atoms with Crippen LogP contribution in [-0.4, -0.2) is 23.5 Å². The molecular weight excluding hydrogens is 262 g/mol. The van der Waals surface area contributed by atoms with E-state index < -0.39 is 5.97 Å². The molecule has 0 fully saturated rings. The van der Waals surface area contributed by atoms with E-state index in [1.807, 2.05) is 18.4 Å². The highest BCUT2D eigenvalue weighted by molar-refractivity contribution is 7.12. The molecule has 0 spiro atoms. The predicted molar refractivity (Wildman–Crippen MR) is 76.7 cm³/mol. The summed E-state index contributed by atoms with van der Waals surface area (Å²) in [6, 6.07) is 1.93. The maximum absolute atomic E-state index is 11.9. The first-order valence-electron chi connectivity index (χ1n) is 6.58. The monoisotopic (exact) mass is 283 g/mol. The van der Waals surface area contributed by atoms with Crippen LogP contribution in [0.15, 0.2) is 11.4 Å². The van der Waals surface area contributed by atoms with Crippen molar-refractivity contribution in [1.29, 1.82) is 0 Å². The Morgan fingerprint density at radius 1 is 1.42 bits per heavy atom. The maximum atomic E-state index is 11.9. The van der Waals surface area contributed by atoms with Crippen molar-refractivity contribution >= 4 is 23.2 Å². The Bertz CT molecular complexity index is 428. The second-order valence-corrected chi connectivity index (χ2v) is 5.60. The molecule has 1 aromatic heterocycles. The average Bonchev–Trinajstić information content (AvgIpc) is 2.79. The van der Waals surface area contributed by atoms with Gasteiger partial charge in [-0.05, 0) is 42.7 Å². The largest absolute Gasteiger partial charge is 0.481 e. The van der Waals surface area contributed by atoms with Crippen LogP contribution in [0, 0.1) is 12.8 Å². The Hall–Kier alpha value is -1.36. The Morgan fingerprint density at radius 3 is 2.68 bits per heavy atom. The first-order chi connectivity index (χ1) is 9.04. The van der Waals surface area contributed by atoms with Crippen molar-refractivity contribution in [2.75, 3.05) is 6.54 Å². The van der Waals surface area contributed by atoms with Crippen LogP contribution in [0.1, 0.15) is 47.8 Å². The van der Waals surface area contributed by atoms with E-state index in [-0.39, 0.29) is 12.3 Å². The number of nitrogens with one attached hydrogen (secondary N) is 1. The van der Waals surface area contributed by atoms with Crippen LogP contribution in [0.3, 0.4) is 0 Å². The second-order valence-electron chi connectivity index (χ2n) is 4.68. The van der Waals surface area contributed by atoms with Crippen molar-refractivity contribution in [1.82, 2.24) is 5.32 Å². The summed E-state index contributed by atoms with van der Waals surface area (Å²) in [5, 5.41) is 13.5. The van der Waals surface area contributed by atoms with Crippen LogP contribution in [0.4, 0.5) is 0 Å². The van der Waals surface area contributed by atoms with E-state index in [2.05, 4.69) is 12.2 Å². The van der Waals surface area contributed by atoms with Crippen LogP contribution in [0.25, 0.3) is 0 Å². The molecule has 0 aliphatic rings. The van der Waals surface area contributed by atoms with Gasteiger partial charge in [0.15, 0.2) is 0 Å². The second kappa shape index (κ2) is 7.94. The standard InChI is InChI=1S/C14H21NO3S/c1-3-11(4-5-12(16)17)6-8-15-14(18)13-10(2)7-9-19-13/h7,9,11H,3-6,8H2,1-2H3,(H,15,18)(H,16,17). The zero-order chi connectivity index (χ0) is 14.3. The summed E-state index contributed by atoms with van der Waals surface area (Å²) in [5.74, 6) is -0.418. The summed E-state index contributed by atoms with van der Waals surface area (Å²) >= 11 is 1.45. The van der Waals surface area contributed by atoms with Gasteiger partial charge in [-0.3, -0.25) is 9.59 Å². The van der Waals surface area contributed by atoms with Gasteiger partial charge in [0.2, 0.25) is 0 Å². The number of carboxylic acid groups (broad SMARTS) is 1. The van der Waals surface area contributed by atoms with E-state index in [0.717, 1.165) is 23.3 Å². The van der Waals surface area contributed by atoms with Crippen molar-refractivity contribution in [3.63, 3.8) is 0 Å². The zero-order valence-electron chi connectivity index (χ0n) is 11.4. The minimum Gasteiger partial charge on any atom is -0.481 e. The van der Waals surface area contributed by atoms with Crippen LogP contribution in [0.5, 0.6) is 0 Å². The van der Waals surface area contributed by atoms with Gasteiger partial charge in [0.05, 0.1) is 4.88 Å². The van der Waals surface area contributed by atoms with Crippen molar-refractivity contribution < 1.29 is 14.7 Å². The molecule has 5 heteroatoms. The first-order valence-corrected chi connectivity index (χ1v) is 7.46. The molecule has 19 heavy (non-hydrogen) atoms. The number of hydrogen-bond donors (Lipinski definition) is 2. The summed E-state index contributed by atoms with van der Waals surface area (Å²) in [4.78, 5) is 23.2. The van der Waals surface area contributed by atoms with E-state index >= 15 is 0 Å². The van der Waals surface area contributed by atoms with Crippen molar-refractivity contribution in [2.24, 2.45) is 5.92 Å². The lowest BCUT2D eigenvalue weighted by atomic mass is 9.96. The highest BCUT2D eigenvalue weighted by Gasteiger charge is 2.12. The molecular formula is C14H21NO3S. The van der Waals surface area contributed by atoms with Crippen molar-refractivity contribution in [2.45, 2.75) is 39.5 Å². The minimum atomic E-state index is -0.753. The molecule has 1 heterocycles. The van der Waals surface area contributed by atoms with Crippen LogP contribution >= 0.6 is 11.3 Å². The van der Waals surface area contributed by atoms with E-state index in [9.17, 15) is 9.59 Å². The first kappa shape index (κ1) is 15.7. The molecule has 106 valence electrons. The van der Waals surface area contributed by atoms with Gasteiger partial charge in [0.1, 0.15) is 0 Å². The van der Waals surface area contributed by atoms with Crippen molar-refractivity contribution in [3.05, 3.63) is 21.9 Å². The molecule has 1 aromatic rings. The highest BCUT2D eigenvalue weighted by Crippen LogP contribution is 2.17. The van der Waals surface area contributed by atoms with Crippen molar-refractivity contribution in [3.8, 4) is 0 Å². The van der Waals surface area contributed by atoms with E-state index in [0.29, 0.717) is 18.9 Å². The Balaban J connectivity index is 2.30. The van der Waals surface area contributed by atoms with Gasteiger partial charge in [0, 0.05) is 13.0 Å². The maximum Gasteiger partial charge on any atom is 0.303 e. The van der Waals surface area contributed by atoms with Gasteiger partial charge in [-0.15, -0.1) is 11.3 Å². The summed E-state index contributed by atoms with van der Waals surface area (Å²) in [5.41, 5.74) is 1.00. The predicted octanol–water partition coefficient (Wildman–Crippen LogP) is 3.07. The van der Waals surface area contributed by atoms with Crippen LogP contribution in [0.2, 0.25) is 0 Å². The van der Waals surface area contributed by atoms with Gasteiger partial charge < -0.3 is 10.4 Å². The van der Waals surface area contributed by atoms with E-state index in [1.165, 1.54) is 11.3 Å². The molecule has 0 saturated carbocycles. The Labute approximate surface area is 117 Å². The third-order valence-corrected chi connectivity index (χ3v) is 4.27. The van der Waals surface area contributed by atoms with Gasteiger partial charge >= 0.3 is 5.97 Å². The normalized spacial score (nSPS) is 12.1. The number of carbonyl (C=O) groups is 2. The fraction of sp³-hybridized carbons (Fsp3) is 0.571. The smallest absolute Gasteiger partial charge is 0.303 e. The average molecular weight is 283 g/mol. The number of amides is 1. The molecule has 1 atom stereocenters. The number of hydrogen-bond acceptors (Lipinski definition) is 3. The summed E-state index contributed by atoms with van der Waals surface area (Å²) in [6.45, 7) is 4.58. The van der Waals surface area contributed by atoms with Gasteiger partial charge in [-0.25, -0.2) is 0 Å². The number of aryl methyl sites for hydroxylation is 1. The molecule has 4 nitrogen and oxygen atoms in total. The molecule has 0 aliphatic carbocycles. The molecule has 0 saturated heterocycles. The fourth-order valence-electron chi connectivity index (χ4n) is 1.96. The minimum absolute atomic E-state index is 0.0272. The molecule has 1 rings (SSSR count). The number of carbonyl (C=O) groups excluding carboxylic acids is 1. The fourth-order valence-corrected chi connectivity index (χ4v) is 2.80. The lowest BCUT2D eigenvalue weighted by molar-refractivity contribution is -0.137. The van der Waals surface area contributed by atoms with Crippen LogP contribution in [-0.2, 0) is 4.79 Å². The lowest BCUT2D eigenvalue weighted by Crippen LogP contribution is -2.25. The quantitative estimate of drug-likeness (QED) is 0.770. The Kier molecular flexibility index (Phi) is 6.56. The summed E-state index contributed by atoms with van der Waals surface area (Å²) in [7, 11) is 0. The molecule has 0 radical (unpaired) electrons. The summed E-state index contributed by atoms with van der Waals surface area (Å²) in [6.07, 6.45) is 2.66. The molecule has 0 aliphatic heterocycles.